The molecule has 6 heteroatoms. The molecule has 2 aromatic rings. The van der Waals surface area contributed by atoms with E-state index in [1.54, 1.807) is 0 Å². The van der Waals surface area contributed by atoms with Crippen molar-refractivity contribution < 1.29 is 9.90 Å². The highest BCUT2D eigenvalue weighted by Crippen LogP contribution is 2.40. The molecule has 0 unspecified atom stereocenters. The number of nitrogens with zero attached hydrogens (tertiary/aromatic N) is 3. The highest BCUT2D eigenvalue weighted by molar-refractivity contribution is 5.92. The van der Waals surface area contributed by atoms with Gasteiger partial charge in [0.05, 0.1) is 0 Å². The van der Waals surface area contributed by atoms with Crippen LogP contribution in [0.3, 0.4) is 0 Å². The molecule has 2 N–H and O–H groups in total. The molecule has 2 aliphatic rings. The number of carbonyl (C=O) groups excluding carboxylic acids is 1. The second kappa shape index (κ2) is 10.6. The van der Waals surface area contributed by atoms with Gasteiger partial charge in [0.15, 0.2) is 0 Å². The van der Waals surface area contributed by atoms with Crippen LogP contribution in [0.15, 0.2) is 18.2 Å². The topological polar surface area (TPSA) is 80.0 Å². The first kappa shape index (κ1) is 23.0. The number of carbonyl (C=O) groups is 1. The van der Waals surface area contributed by atoms with Crippen molar-refractivity contribution in [2.75, 3.05) is 11.9 Å². The maximum Gasteiger partial charge on any atom is 0.225 e. The van der Waals surface area contributed by atoms with E-state index in [1.807, 2.05) is 26.0 Å². The number of amides is 1. The van der Waals surface area contributed by atoms with Crippen LogP contribution in [0.1, 0.15) is 98.9 Å². The zero-order valence-corrected chi connectivity index (χ0v) is 19.6. The van der Waals surface area contributed by atoms with E-state index in [1.165, 1.54) is 44.1 Å². The van der Waals surface area contributed by atoms with Gasteiger partial charge in [0.1, 0.15) is 11.6 Å². The average molecular weight is 439 g/mol. The minimum Gasteiger partial charge on any atom is -0.396 e. The normalized spacial score (nSPS) is 18.0. The Morgan fingerprint density at radius 3 is 2.62 bits per heavy atom. The Labute approximate surface area is 191 Å². The average Bonchev–Trinajstić information content (AvgIpc) is 3.53. The quantitative estimate of drug-likeness (QED) is 0.532. The summed E-state index contributed by atoms with van der Waals surface area (Å²) in [6.45, 7) is 4.10. The molecule has 6 nitrogen and oxygen atoms in total. The second-order valence-electron chi connectivity index (χ2n) is 9.90. The van der Waals surface area contributed by atoms with Gasteiger partial charge in [0.25, 0.3) is 0 Å². The van der Waals surface area contributed by atoms with Gasteiger partial charge < -0.3 is 15.0 Å². The lowest BCUT2D eigenvalue weighted by Gasteiger charge is -2.22. The van der Waals surface area contributed by atoms with Crippen LogP contribution in [0.2, 0.25) is 0 Å². The fraction of sp³-hybridized carbons (Fsp3) is 0.654. The molecule has 32 heavy (non-hydrogen) atoms. The predicted octanol–water partition coefficient (Wildman–Crippen LogP) is 5.24. The van der Waals surface area contributed by atoms with Gasteiger partial charge in [0.2, 0.25) is 5.91 Å². The van der Waals surface area contributed by atoms with Crippen molar-refractivity contribution in [3.63, 3.8) is 0 Å². The number of benzene rings is 1. The van der Waals surface area contributed by atoms with Crippen molar-refractivity contribution in [2.24, 2.45) is 5.92 Å². The third-order valence-corrected chi connectivity index (χ3v) is 7.14. The molecule has 0 aliphatic heterocycles. The highest BCUT2D eigenvalue weighted by Gasteiger charge is 2.33. The van der Waals surface area contributed by atoms with Crippen molar-refractivity contribution in [3.8, 4) is 0 Å². The minimum atomic E-state index is -0.123. The number of hydrogen-bond donors (Lipinski definition) is 2. The summed E-state index contributed by atoms with van der Waals surface area (Å²) in [7, 11) is 0. The Kier molecular flexibility index (Phi) is 7.61. The maximum absolute atomic E-state index is 12.9. The molecule has 4 rings (SSSR count). The zero-order chi connectivity index (χ0) is 22.5. The molecule has 0 spiro atoms. The standard InChI is InChI=1S/C26H38N4O2/c1-18-8-12-23(19(2)16-18)27-25(32)17-21(14-15-31)26-29-28-24(30(26)22-10-11-22)13-9-20-6-4-3-5-7-20/h8,12,16,20-22,31H,3-7,9-11,13-15,17H2,1-2H3,(H,27,32)/t21-/m0/s1. The summed E-state index contributed by atoms with van der Waals surface area (Å²) in [4.78, 5) is 12.9. The zero-order valence-electron chi connectivity index (χ0n) is 19.6. The first-order valence-corrected chi connectivity index (χ1v) is 12.5. The van der Waals surface area contributed by atoms with Gasteiger partial charge in [-0.2, -0.15) is 0 Å². The van der Waals surface area contributed by atoms with Crippen LogP contribution < -0.4 is 5.32 Å². The summed E-state index contributed by atoms with van der Waals surface area (Å²) >= 11 is 0. The number of aromatic nitrogens is 3. The molecule has 1 atom stereocenters. The first-order valence-electron chi connectivity index (χ1n) is 12.5. The highest BCUT2D eigenvalue weighted by atomic mass is 16.3. The molecule has 0 bridgehead atoms. The van der Waals surface area contributed by atoms with Crippen LogP contribution in [0, 0.1) is 19.8 Å². The lowest BCUT2D eigenvalue weighted by atomic mass is 9.86. The van der Waals surface area contributed by atoms with Gasteiger partial charge in [-0.25, -0.2) is 0 Å². The minimum absolute atomic E-state index is 0.0375. The largest absolute Gasteiger partial charge is 0.396 e. The van der Waals surface area contributed by atoms with Crippen molar-refractivity contribution in [1.29, 1.82) is 0 Å². The predicted molar refractivity (Wildman–Crippen MR) is 127 cm³/mol. The monoisotopic (exact) mass is 438 g/mol. The molecule has 0 saturated heterocycles. The Bertz CT molecular complexity index is 913. The SMILES string of the molecule is Cc1ccc(NC(=O)C[C@H](CCO)c2nnc(CCC3CCCCC3)n2C2CC2)c(C)c1. The summed E-state index contributed by atoms with van der Waals surface area (Å²) in [5.74, 6) is 2.61. The molecular formula is C26H38N4O2. The smallest absolute Gasteiger partial charge is 0.225 e. The molecule has 174 valence electrons. The van der Waals surface area contributed by atoms with Gasteiger partial charge in [-0.15, -0.1) is 10.2 Å². The van der Waals surface area contributed by atoms with E-state index in [2.05, 4.69) is 26.1 Å². The molecule has 1 aromatic heterocycles. The van der Waals surface area contributed by atoms with Crippen LogP contribution in [0.4, 0.5) is 5.69 Å². The molecule has 2 fully saturated rings. The number of aliphatic hydroxyl groups is 1. The molecular weight excluding hydrogens is 400 g/mol. The van der Waals surface area contributed by atoms with Gasteiger partial charge in [-0.1, -0.05) is 49.8 Å². The Balaban J connectivity index is 1.46. The summed E-state index contributed by atoms with van der Waals surface area (Å²) < 4.78 is 2.31. The Hall–Kier alpha value is -2.21. The summed E-state index contributed by atoms with van der Waals surface area (Å²) in [5.41, 5.74) is 3.08. The molecule has 1 heterocycles. The summed E-state index contributed by atoms with van der Waals surface area (Å²) in [5, 5.41) is 21.9. The lowest BCUT2D eigenvalue weighted by molar-refractivity contribution is -0.116. The number of hydrogen-bond acceptors (Lipinski definition) is 4. The van der Waals surface area contributed by atoms with E-state index in [-0.39, 0.29) is 18.4 Å². The lowest BCUT2D eigenvalue weighted by Crippen LogP contribution is -2.20. The van der Waals surface area contributed by atoms with E-state index in [4.69, 9.17) is 0 Å². The molecule has 0 radical (unpaired) electrons. The van der Waals surface area contributed by atoms with Crippen LogP contribution in [0.5, 0.6) is 0 Å². The van der Waals surface area contributed by atoms with Gasteiger partial charge in [-0.05, 0) is 57.1 Å². The fourth-order valence-electron chi connectivity index (χ4n) is 5.18. The van der Waals surface area contributed by atoms with Crippen LogP contribution in [0.25, 0.3) is 0 Å². The van der Waals surface area contributed by atoms with E-state index >= 15 is 0 Å². The molecule has 1 aromatic carbocycles. The van der Waals surface area contributed by atoms with Crippen LogP contribution in [-0.2, 0) is 11.2 Å². The number of nitrogens with one attached hydrogen (secondary N) is 1. The Morgan fingerprint density at radius 2 is 1.94 bits per heavy atom. The Morgan fingerprint density at radius 1 is 1.16 bits per heavy atom. The third kappa shape index (κ3) is 5.77. The maximum atomic E-state index is 12.9. The number of anilines is 1. The van der Waals surface area contributed by atoms with E-state index < -0.39 is 0 Å². The molecule has 2 aliphatic carbocycles. The van der Waals surface area contributed by atoms with Gasteiger partial charge >= 0.3 is 0 Å². The van der Waals surface area contributed by atoms with Crippen molar-refractivity contribution in [2.45, 2.75) is 96.4 Å². The van der Waals surface area contributed by atoms with Crippen LogP contribution >= 0.6 is 0 Å². The van der Waals surface area contributed by atoms with Gasteiger partial charge in [0, 0.05) is 37.1 Å². The number of aliphatic hydroxyl groups excluding tert-OH is 1. The number of aryl methyl sites for hydroxylation is 3. The first-order chi connectivity index (χ1) is 15.5. The van der Waals surface area contributed by atoms with E-state index in [0.717, 1.165) is 48.1 Å². The molecule has 2 saturated carbocycles. The fourth-order valence-corrected chi connectivity index (χ4v) is 5.18. The number of rotatable bonds is 10. The van der Waals surface area contributed by atoms with Crippen molar-refractivity contribution in [3.05, 3.63) is 41.0 Å². The summed E-state index contributed by atoms with van der Waals surface area (Å²) in [6.07, 6.45) is 12.1. The third-order valence-electron chi connectivity index (χ3n) is 7.14. The van der Waals surface area contributed by atoms with Crippen molar-refractivity contribution >= 4 is 11.6 Å². The van der Waals surface area contributed by atoms with Crippen molar-refractivity contribution in [1.82, 2.24) is 14.8 Å². The van der Waals surface area contributed by atoms with E-state index in [0.29, 0.717) is 18.9 Å². The second-order valence-corrected chi connectivity index (χ2v) is 9.90. The van der Waals surface area contributed by atoms with E-state index in [9.17, 15) is 9.90 Å². The summed E-state index contributed by atoms with van der Waals surface area (Å²) in [6, 6.07) is 6.50. The van der Waals surface area contributed by atoms with Crippen LogP contribution in [-0.4, -0.2) is 32.4 Å². The molecule has 1 amide bonds. The van der Waals surface area contributed by atoms with Gasteiger partial charge in [-0.3, -0.25) is 4.79 Å².